The fourth-order valence-corrected chi connectivity index (χ4v) is 2.07. The summed E-state index contributed by atoms with van der Waals surface area (Å²) in [6, 6.07) is 11.9. The number of aromatic carboxylic acids is 1. The second kappa shape index (κ2) is 5.09. The normalized spacial score (nSPS) is 10.5. The third kappa shape index (κ3) is 2.46. The molecule has 0 bridgehead atoms. The Balaban J connectivity index is 2.00. The van der Waals surface area contributed by atoms with Crippen LogP contribution in [0.5, 0.6) is 0 Å². The van der Waals surface area contributed by atoms with E-state index in [9.17, 15) is 9.59 Å². The number of carbonyl (C=O) groups is 2. The lowest BCUT2D eigenvalue weighted by Gasteiger charge is -1.99. The molecule has 0 atom stereocenters. The van der Waals surface area contributed by atoms with Crippen molar-refractivity contribution in [3.63, 3.8) is 0 Å². The van der Waals surface area contributed by atoms with Crippen molar-refractivity contribution in [1.82, 2.24) is 9.97 Å². The van der Waals surface area contributed by atoms with Gasteiger partial charge in [0.25, 0.3) is 0 Å². The van der Waals surface area contributed by atoms with Crippen molar-refractivity contribution in [3.05, 3.63) is 48.0 Å². The van der Waals surface area contributed by atoms with E-state index in [1.54, 1.807) is 24.3 Å². The van der Waals surface area contributed by atoms with Gasteiger partial charge < -0.3 is 15.4 Å². The molecule has 0 aliphatic heterocycles. The number of anilines is 1. The van der Waals surface area contributed by atoms with Gasteiger partial charge in [0.2, 0.25) is 6.41 Å². The van der Waals surface area contributed by atoms with Gasteiger partial charge in [-0.15, -0.1) is 0 Å². The lowest BCUT2D eigenvalue weighted by Crippen LogP contribution is -1.94. The fourth-order valence-electron chi connectivity index (χ4n) is 2.07. The maximum Gasteiger partial charge on any atom is 0.335 e. The highest BCUT2D eigenvalue weighted by molar-refractivity contribution is 5.93. The van der Waals surface area contributed by atoms with Crippen LogP contribution in [0, 0.1) is 0 Å². The summed E-state index contributed by atoms with van der Waals surface area (Å²) in [5, 5.41) is 11.5. The number of rotatable bonds is 4. The highest BCUT2D eigenvalue weighted by atomic mass is 16.4. The number of carboxylic acid groups (broad SMARTS) is 1. The molecule has 0 spiro atoms. The van der Waals surface area contributed by atoms with Gasteiger partial charge in [-0.25, -0.2) is 9.78 Å². The average Bonchev–Trinajstić information content (AvgIpc) is 2.91. The van der Waals surface area contributed by atoms with Crippen molar-refractivity contribution in [2.45, 2.75) is 0 Å². The SMILES string of the molecule is O=CNc1ccc(-c2nc3ccc(C(=O)O)cc3[nH]2)cc1. The topological polar surface area (TPSA) is 95.1 Å². The minimum Gasteiger partial charge on any atom is -0.478 e. The number of hydrogen-bond acceptors (Lipinski definition) is 3. The van der Waals surface area contributed by atoms with Gasteiger partial charge in [0.05, 0.1) is 16.6 Å². The van der Waals surface area contributed by atoms with E-state index in [1.165, 1.54) is 6.07 Å². The lowest BCUT2D eigenvalue weighted by atomic mass is 10.2. The molecule has 0 radical (unpaired) electrons. The standard InChI is InChI=1S/C15H11N3O3/c19-8-16-11-4-1-9(2-5-11)14-17-12-6-3-10(15(20)21)7-13(12)18-14/h1-8H,(H,16,19)(H,17,18)(H,20,21). The molecule has 21 heavy (non-hydrogen) atoms. The maximum atomic E-state index is 11.0. The first-order chi connectivity index (χ1) is 10.2. The zero-order valence-electron chi connectivity index (χ0n) is 10.8. The van der Waals surface area contributed by atoms with Crippen LogP contribution in [0.2, 0.25) is 0 Å². The fraction of sp³-hybridized carbons (Fsp3) is 0. The number of aromatic nitrogens is 2. The molecule has 3 aromatic rings. The molecule has 1 heterocycles. The number of imidazole rings is 1. The molecule has 0 aliphatic carbocycles. The first-order valence-corrected chi connectivity index (χ1v) is 6.21. The number of aromatic amines is 1. The van der Waals surface area contributed by atoms with E-state index in [1.807, 2.05) is 12.1 Å². The van der Waals surface area contributed by atoms with Crippen LogP contribution in [0.1, 0.15) is 10.4 Å². The third-order valence-corrected chi connectivity index (χ3v) is 3.11. The van der Waals surface area contributed by atoms with Crippen molar-refractivity contribution in [1.29, 1.82) is 0 Å². The van der Waals surface area contributed by atoms with Crippen LogP contribution in [-0.2, 0) is 4.79 Å². The Hall–Kier alpha value is -3.15. The second-order valence-electron chi connectivity index (χ2n) is 4.46. The lowest BCUT2D eigenvalue weighted by molar-refractivity contribution is -0.105. The Morgan fingerprint density at radius 1 is 1.19 bits per heavy atom. The summed E-state index contributed by atoms with van der Waals surface area (Å²) in [6.07, 6.45) is 0.615. The Labute approximate surface area is 119 Å². The Morgan fingerprint density at radius 2 is 1.95 bits per heavy atom. The number of carbonyl (C=O) groups excluding carboxylic acids is 1. The van der Waals surface area contributed by atoms with Crippen molar-refractivity contribution < 1.29 is 14.7 Å². The molecular formula is C15H11N3O3. The predicted molar refractivity (Wildman–Crippen MR) is 78.2 cm³/mol. The predicted octanol–water partition coefficient (Wildman–Crippen LogP) is 2.50. The van der Waals surface area contributed by atoms with Crippen LogP contribution in [0.4, 0.5) is 5.69 Å². The summed E-state index contributed by atoms with van der Waals surface area (Å²) in [5.41, 5.74) is 3.12. The van der Waals surface area contributed by atoms with Crippen molar-refractivity contribution >= 4 is 29.1 Å². The second-order valence-corrected chi connectivity index (χ2v) is 4.46. The minimum atomic E-state index is -0.975. The third-order valence-electron chi connectivity index (χ3n) is 3.11. The van der Waals surface area contributed by atoms with E-state index in [0.717, 1.165) is 5.56 Å². The van der Waals surface area contributed by atoms with Crippen LogP contribution in [-0.4, -0.2) is 27.5 Å². The first-order valence-electron chi connectivity index (χ1n) is 6.21. The Morgan fingerprint density at radius 3 is 2.62 bits per heavy atom. The number of carboxylic acids is 1. The zero-order chi connectivity index (χ0) is 14.8. The number of nitrogens with zero attached hydrogens (tertiary/aromatic N) is 1. The van der Waals surface area contributed by atoms with Gasteiger partial charge in [0.1, 0.15) is 5.82 Å². The highest BCUT2D eigenvalue weighted by Crippen LogP contribution is 2.22. The molecule has 0 unspecified atom stereocenters. The summed E-state index contributed by atoms with van der Waals surface area (Å²) < 4.78 is 0. The summed E-state index contributed by atoms with van der Waals surface area (Å²) in [4.78, 5) is 28.8. The molecule has 6 heteroatoms. The Bertz CT molecular complexity index is 822. The molecule has 1 aromatic heterocycles. The molecule has 6 nitrogen and oxygen atoms in total. The molecule has 3 rings (SSSR count). The van der Waals surface area contributed by atoms with E-state index in [-0.39, 0.29) is 5.56 Å². The van der Waals surface area contributed by atoms with Crippen LogP contribution < -0.4 is 5.32 Å². The van der Waals surface area contributed by atoms with E-state index in [2.05, 4.69) is 15.3 Å². The summed E-state index contributed by atoms with van der Waals surface area (Å²) in [5.74, 6) is -0.331. The van der Waals surface area contributed by atoms with E-state index < -0.39 is 5.97 Å². The molecule has 0 saturated carbocycles. The van der Waals surface area contributed by atoms with Gasteiger partial charge in [-0.1, -0.05) is 0 Å². The quantitative estimate of drug-likeness (QED) is 0.640. The number of benzene rings is 2. The highest BCUT2D eigenvalue weighted by Gasteiger charge is 2.08. The van der Waals surface area contributed by atoms with Crippen LogP contribution in [0.25, 0.3) is 22.4 Å². The number of fused-ring (bicyclic) bond motifs is 1. The average molecular weight is 281 g/mol. The van der Waals surface area contributed by atoms with Crippen LogP contribution in [0.15, 0.2) is 42.5 Å². The maximum absolute atomic E-state index is 11.0. The largest absolute Gasteiger partial charge is 0.478 e. The molecule has 2 aromatic carbocycles. The molecule has 0 aliphatic rings. The smallest absolute Gasteiger partial charge is 0.335 e. The number of amides is 1. The van der Waals surface area contributed by atoms with Crippen molar-refractivity contribution in [3.8, 4) is 11.4 Å². The summed E-state index contributed by atoms with van der Waals surface area (Å²) >= 11 is 0. The first kappa shape index (κ1) is 12.9. The zero-order valence-corrected chi connectivity index (χ0v) is 10.8. The van der Waals surface area contributed by atoms with E-state index in [4.69, 9.17) is 5.11 Å². The van der Waals surface area contributed by atoms with Gasteiger partial charge >= 0.3 is 5.97 Å². The number of hydrogen-bond donors (Lipinski definition) is 3. The Kier molecular flexibility index (Phi) is 3.12. The minimum absolute atomic E-state index is 0.211. The molecular weight excluding hydrogens is 270 g/mol. The van der Waals surface area contributed by atoms with Crippen LogP contribution >= 0.6 is 0 Å². The van der Waals surface area contributed by atoms with E-state index in [0.29, 0.717) is 29.0 Å². The molecule has 0 saturated heterocycles. The van der Waals surface area contributed by atoms with Gasteiger partial charge in [-0.05, 0) is 42.5 Å². The number of H-pyrrole nitrogens is 1. The van der Waals surface area contributed by atoms with Crippen LogP contribution in [0.3, 0.4) is 0 Å². The van der Waals surface area contributed by atoms with E-state index >= 15 is 0 Å². The molecule has 3 N–H and O–H groups in total. The van der Waals surface area contributed by atoms with Gasteiger partial charge in [0, 0.05) is 11.3 Å². The molecule has 0 fully saturated rings. The van der Waals surface area contributed by atoms with Crippen molar-refractivity contribution in [2.75, 3.05) is 5.32 Å². The number of nitrogens with one attached hydrogen (secondary N) is 2. The van der Waals surface area contributed by atoms with Gasteiger partial charge in [-0.3, -0.25) is 4.79 Å². The van der Waals surface area contributed by atoms with Crippen molar-refractivity contribution in [2.24, 2.45) is 0 Å². The molecule has 104 valence electrons. The monoisotopic (exact) mass is 281 g/mol. The summed E-state index contributed by atoms with van der Waals surface area (Å²) in [6.45, 7) is 0. The van der Waals surface area contributed by atoms with Gasteiger partial charge in [-0.2, -0.15) is 0 Å². The summed E-state index contributed by atoms with van der Waals surface area (Å²) in [7, 11) is 0. The molecule has 1 amide bonds. The van der Waals surface area contributed by atoms with Gasteiger partial charge in [0.15, 0.2) is 0 Å².